The Hall–Kier alpha value is -0.790. The summed E-state index contributed by atoms with van der Waals surface area (Å²) in [6.07, 6.45) is 7.17. The first kappa shape index (κ1) is 9.30. The maximum Gasteiger partial charge on any atom is 0.167 e. The predicted molar refractivity (Wildman–Crippen MR) is 52.7 cm³/mol. The second-order valence-corrected chi connectivity index (χ2v) is 3.96. The molecule has 0 aliphatic heterocycles. The first-order chi connectivity index (χ1) is 5.59. The van der Waals surface area contributed by atoms with E-state index in [0.717, 1.165) is 5.92 Å². The zero-order chi connectivity index (χ0) is 9.14. The van der Waals surface area contributed by atoms with Gasteiger partial charge in [0.05, 0.1) is 0 Å². The summed E-state index contributed by atoms with van der Waals surface area (Å²) < 4.78 is 2.12. The molecule has 1 saturated carbocycles. The summed E-state index contributed by atoms with van der Waals surface area (Å²) in [5.41, 5.74) is 1.46. The third-order valence-corrected chi connectivity index (χ3v) is 1.86. The molecule has 2 heteroatoms. The molecule has 68 valence electrons. The quantitative estimate of drug-likeness (QED) is 0.452. The molecule has 1 aliphatic carbocycles. The van der Waals surface area contributed by atoms with E-state index in [1.807, 2.05) is 0 Å². The zero-order valence-corrected chi connectivity index (χ0v) is 8.54. The molecular weight excluding hydrogens is 148 g/mol. The lowest BCUT2D eigenvalue weighted by atomic mass is 10.2. The molecule has 0 aromatic carbocycles. The highest BCUT2D eigenvalue weighted by Crippen LogP contribution is 2.35. The van der Waals surface area contributed by atoms with Gasteiger partial charge in [-0.25, -0.2) is 4.58 Å². The van der Waals surface area contributed by atoms with Crippen molar-refractivity contribution in [2.75, 3.05) is 28.2 Å². The van der Waals surface area contributed by atoms with Crippen molar-refractivity contribution in [3.05, 3.63) is 11.8 Å². The van der Waals surface area contributed by atoms with Crippen LogP contribution in [-0.2, 0) is 0 Å². The van der Waals surface area contributed by atoms with Crippen molar-refractivity contribution in [3.8, 4) is 0 Å². The highest BCUT2D eigenvalue weighted by molar-refractivity contribution is 5.75. The highest BCUT2D eigenvalue weighted by atomic mass is 15.0. The van der Waals surface area contributed by atoms with Crippen LogP contribution in [-0.4, -0.2) is 43.9 Å². The zero-order valence-electron chi connectivity index (χ0n) is 8.54. The van der Waals surface area contributed by atoms with E-state index in [0.29, 0.717) is 0 Å². The third-order valence-electron chi connectivity index (χ3n) is 1.86. The molecule has 0 heterocycles. The van der Waals surface area contributed by atoms with E-state index < -0.39 is 0 Å². The molecule has 1 rings (SSSR count). The fraction of sp³-hybridized carbons (Fsp3) is 0.700. The first-order valence-electron chi connectivity index (χ1n) is 4.49. The Balaban J connectivity index is 2.67. The maximum absolute atomic E-state index is 2.22. The molecule has 12 heavy (non-hydrogen) atoms. The van der Waals surface area contributed by atoms with Crippen LogP contribution in [0.15, 0.2) is 11.8 Å². The predicted octanol–water partition coefficient (Wildman–Crippen LogP) is 1.18. The van der Waals surface area contributed by atoms with Gasteiger partial charge in [0.1, 0.15) is 14.1 Å². The summed E-state index contributed by atoms with van der Waals surface area (Å²) in [5.74, 6) is 0.829. The van der Waals surface area contributed by atoms with Crippen LogP contribution < -0.4 is 0 Å². The van der Waals surface area contributed by atoms with Gasteiger partial charge in [0.2, 0.25) is 0 Å². The first-order valence-corrected chi connectivity index (χ1v) is 4.49. The minimum Gasteiger partial charge on any atom is -0.383 e. The van der Waals surface area contributed by atoms with Gasteiger partial charge < -0.3 is 4.90 Å². The number of rotatable bonds is 3. The van der Waals surface area contributed by atoms with Crippen LogP contribution in [0.25, 0.3) is 0 Å². The Morgan fingerprint density at radius 2 is 1.92 bits per heavy atom. The Morgan fingerprint density at radius 3 is 2.25 bits per heavy atom. The summed E-state index contributed by atoms with van der Waals surface area (Å²) in [4.78, 5) is 2.12. The van der Waals surface area contributed by atoms with Crippen LogP contribution in [0.2, 0.25) is 0 Å². The van der Waals surface area contributed by atoms with Crippen LogP contribution in [0.1, 0.15) is 12.8 Å². The van der Waals surface area contributed by atoms with Gasteiger partial charge in [-0.3, -0.25) is 0 Å². The minimum atomic E-state index is 0.829. The van der Waals surface area contributed by atoms with E-state index in [4.69, 9.17) is 0 Å². The average molecular weight is 167 g/mol. The van der Waals surface area contributed by atoms with Crippen molar-refractivity contribution in [2.24, 2.45) is 5.92 Å². The molecule has 0 atom stereocenters. The topological polar surface area (TPSA) is 6.25 Å². The summed E-state index contributed by atoms with van der Waals surface area (Å²) in [6, 6.07) is 0. The molecule has 2 nitrogen and oxygen atoms in total. The number of hydrogen-bond donors (Lipinski definition) is 0. The van der Waals surface area contributed by atoms with Gasteiger partial charge in [-0.1, -0.05) is 0 Å². The highest BCUT2D eigenvalue weighted by Gasteiger charge is 2.26. The lowest BCUT2D eigenvalue weighted by Gasteiger charge is -2.06. The number of allylic oxidation sites excluding steroid dienone is 1. The van der Waals surface area contributed by atoms with Gasteiger partial charge >= 0.3 is 0 Å². The fourth-order valence-electron chi connectivity index (χ4n) is 1.26. The normalized spacial score (nSPS) is 17.5. The van der Waals surface area contributed by atoms with Crippen LogP contribution in [0.4, 0.5) is 0 Å². The smallest absolute Gasteiger partial charge is 0.167 e. The fourth-order valence-corrected chi connectivity index (χ4v) is 1.26. The van der Waals surface area contributed by atoms with E-state index >= 15 is 0 Å². The lowest BCUT2D eigenvalue weighted by Crippen LogP contribution is -2.08. The lowest BCUT2D eigenvalue weighted by molar-refractivity contribution is -0.459. The molecule has 0 radical (unpaired) electrons. The van der Waals surface area contributed by atoms with E-state index in [9.17, 15) is 0 Å². The van der Waals surface area contributed by atoms with Gasteiger partial charge in [0, 0.05) is 25.9 Å². The van der Waals surface area contributed by atoms with Crippen molar-refractivity contribution >= 4 is 6.21 Å². The van der Waals surface area contributed by atoms with Gasteiger partial charge in [0.25, 0.3) is 0 Å². The van der Waals surface area contributed by atoms with Crippen LogP contribution in [0.3, 0.4) is 0 Å². The van der Waals surface area contributed by atoms with Crippen molar-refractivity contribution in [3.63, 3.8) is 0 Å². The number of hydrogen-bond acceptors (Lipinski definition) is 1. The second-order valence-electron chi connectivity index (χ2n) is 3.96. The average Bonchev–Trinajstić information content (AvgIpc) is 2.63. The van der Waals surface area contributed by atoms with Crippen molar-refractivity contribution < 1.29 is 4.58 Å². The third kappa shape index (κ3) is 3.07. The van der Waals surface area contributed by atoms with E-state index in [1.54, 1.807) is 0 Å². The Bertz CT molecular complexity index is 206. The summed E-state index contributed by atoms with van der Waals surface area (Å²) in [7, 11) is 8.30. The van der Waals surface area contributed by atoms with E-state index in [1.165, 1.54) is 18.4 Å². The SMILES string of the molecule is CN(C)C=C(C=[N+](C)C)C1CC1. The van der Waals surface area contributed by atoms with E-state index in [-0.39, 0.29) is 0 Å². The standard InChI is InChI=1S/C10H19N2/c1-11(2)7-10(8-12(3)4)9-5-6-9/h7-9H,5-6H2,1-4H3/q+1. The van der Waals surface area contributed by atoms with Crippen LogP contribution >= 0.6 is 0 Å². The molecule has 0 aromatic rings. The number of nitrogens with zero attached hydrogens (tertiary/aromatic N) is 2. The molecular formula is C10H19N2+. The molecule has 0 unspecified atom stereocenters. The molecule has 0 aromatic heterocycles. The second kappa shape index (κ2) is 3.74. The molecule has 0 bridgehead atoms. The molecule has 0 spiro atoms. The molecule has 1 fully saturated rings. The minimum absolute atomic E-state index is 0.829. The largest absolute Gasteiger partial charge is 0.383 e. The van der Waals surface area contributed by atoms with Crippen LogP contribution in [0, 0.1) is 5.92 Å². The van der Waals surface area contributed by atoms with Gasteiger partial charge in [-0.15, -0.1) is 0 Å². The maximum atomic E-state index is 2.22. The molecule has 0 saturated heterocycles. The van der Waals surface area contributed by atoms with Crippen LogP contribution in [0.5, 0.6) is 0 Å². The Labute approximate surface area is 75.2 Å². The van der Waals surface area contributed by atoms with E-state index in [2.05, 4.69) is 50.1 Å². The monoisotopic (exact) mass is 167 g/mol. The molecule has 1 aliphatic rings. The Morgan fingerprint density at radius 1 is 1.33 bits per heavy atom. The van der Waals surface area contributed by atoms with Crippen molar-refractivity contribution in [1.82, 2.24) is 4.90 Å². The summed E-state index contributed by atoms with van der Waals surface area (Å²) in [5, 5.41) is 0. The molecule has 0 N–H and O–H groups in total. The van der Waals surface area contributed by atoms with Gasteiger partial charge in [-0.2, -0.15) is 0 Å². The van der Waals surface area contributed by atoms with Gasteiger partial charge in [0.15, 0.2) is 6.21 Å². The van der Waals surface area contributed by atoms with Gasteiger partial charge in [-0.05, 0) is 18.8 Å². The molecule has 0 amide bonds. The Kier molecular flexibility index (Phi) is 2.90. The summed E-state index contributed by atoms with van der Waals surface area (Å²) >= 11 is 0. The van der Waals surface area contributed by atoms with Crippen molar-refractivity contribution in [2.45, 2.75) is 12.8 Å². The van der Waals surface area contributed by atoms with Crippen molar-refractivity contribution in [1.29, 1.82) is 0 Å². The summed E-state index contributed by atoms with van der Waals surface area (Å²) in [6.45, 7) is 0.